The van der Waals surface area contributed by atoms with Crippen molar-refractivity contribution in [1.29, 1.82) is 5.53 Å². The Balaban J connectivity index is 2.37. The predicted octanol–water partition coefficient (Wildman–Crippen LogP) is 0.453. The van der Waals surface area contributed by atoms with E-state index < -0.39 is 6.03 Å². The maximum Gasteiger partial charge on any atom is 0.361 e. The van der Waals surface area contributed by atoms with Gasteiger partial charge >= 0.3 is 6.03 Å². The predicted molar refractivity (Wildman–Crippen MR) is 22.1 cm³/mol. The standard InChI is InChI=1S/C3H5N3O/c4-5-3(7)6-1-2-6/h4H,1-2H2. The Morgan fingerprint density at radius 3 is 2.43 bits per heavy atom. The van der Waals surface area contributed by atoms with Gasteiger partial charge in [-0.2, -0.15) is 5.53 Å². The second-order valence-corrected chi connectivity index (χ2v) is 1.38. The lowest BCUT2D eigenvalue weighted by Crippen LogP contribution is -2.01. The van der Waals surface area contributed by atoms with Crippen LogP contribution < -0.4 is 0 Å². The molecule has 4 nitrogen and oxygen atoms in total. The summed E-state index contributed by atoms with van der Waals surface area (Å²) in [5.41, 5.74) is 6.21. The van der Waals surface area contributed by atoms with Crippen LogP contribution in [-0.4, -0.2) is 24.0 Å². The largest absolute Gasteiger partial charge is 0.361 e. The smallest absolute Gasteiger partial charge is 0.318 e. The van der Waals surface area contributed by atoms with E-state index in [1.54, 1.807) is 0 Å². The van der Waals surface area contributed by atoms with Crippen LogP contribution >= 0.6 is 0 Å². The van der Waals surface area contributed by atoms with Gasteiger partial charge in [0.15, 0.2) is 0 Å². The third-order valence-corrected chi connectivity index (χ3v) is 0.813. The zero-order chi connectivity index (χ0) is 5.28. The van der Waals surface area contributed by atoms with E-state index in [9.17, 15) is 4.79 Å². The average Bonchev–Trinajstić information content (AvgIpc) is 2.44. The van der Waals surface area contributed by atoms with Gasteiger partial charge in [-0.05, 0) is 0 Å². The lowest BCUT2D eigenvalue weighted by atomic mass is 11.0. The van der Waals surface area contributed by atoms with Crippen LogP contribution in [0.15, 0.2) is 5.11 Å². The van der Waals surface area contributed by atoms with Crippen molar-refractivity contribution in [2.75, 3.05) is 13.1 Å². The summed E-state index contributed by atoms with van der Waals surface area (Å²) in [4.78, 5) is 11.6. The lowest BCUT2D eigenvalue weighted by molar-refractivity contribution is 0.236. The monoisotopic (exact) mass is 99.0 g/mol. The molecule has 0 unspecified atom stereocenters. The third-order valence-electron chi connectivity index (χ3n) is 0.813. The second kappa shape index (κ2) is 1.29. The van der Waals surface area contributed by atoms with E-state index in [4.69, 9.17) is 5.53 Å². The zero-order valence-corrected chi connectivity index (χ0v) is 3.72. The highest BCUT2D eigenvalue weighted by Gasteiger charge is 2.22. The van der Waals surface area contributed by atoms with Crippen LogP contribution in [0.3, 0.4) is 0 Å². The summed E-state index contributed by atoms with van der Waals surface area (Å²) in [7, 11) is 0. The Hall–Kier alpha value is -0.930. The van der Waals surface area contributed by atoms with Crippen molar-refractivity contribution in [2.24, 2.45) is 5.11 Å². The van der Waals surface area contributed by atoms with Gasteiger partial charge in [0.25, 0.3) is 0 Å². The minimum atomic E-state index is -0.417. The number of hydrogen-bond acceptors (Lipinski definition) is 2. The molecule has 0 bridgehead atoms. The fourth-order valence-corrected chi connectivity index (χ4v) is 0.312. The summed E-state index contributed by atoms with van der Waals surface area (Å²) >= 11 is 0. The van der Waals surface area contributed by atoms with Crippen molar-refractivity contribution in [2.45, 2.75) is 0 Å². The first kappa shape index (κ1) is 4.23. The van der Waals surface area contributed by atoms with Gasteiger partial charge in [0.2, 0.25) is 0 Å². The van der Waals surface area contributed by atoms with Crippen molar-refractivity contribution in [3.05, 3.63) is 0 Å². The number of carbonyl (C=O) groups is 1. The summed E-state index contributed by atoms with van der Waals surface area (Å²) in [5.74, 6) is 0. The zero-order valence-electron chi connectivity index (χ0n) is 3.72. The Labute approximate surface area is 40.6 Å². The van der Waals surface area contributed by atoms with Crippen molar-refractivity contribution < 1.29 is 4.79 Å². The van der Waals surface area contributed by atoms with E-state index in [1.165, 1.54) is 4.90 Å². The van der Waals surface area contributed by atoms with Crippen molar-refractivity contribution in [3.8, 4) is 0 Å². The van der Waals surface area contributed by atoms with Crippen LogP contribution in [-0.2, 0) is 0 Å². The molecule has 7 heavy (non-hydrogen) atoms. The van der Waals surface area contributed by atoms with E-state index in [1.807, 2.05) is 0 Å². The Bertz CT molecular complexity index is 107. The molecule has 0 saturated carbocycles. The SMILES string of the molecule is N=NC(=O)N1CC1. The first-order valence-corrected chi connectivity index (χ1v) is 2.01. The normalized spacial score (nSPS) is 16.3. The van der Waals surface area contributed by atoms with Gasteiger partial charge < -0.3 is 4.90 Å². The molecule has 1 saturated heterocycles. The lowest BCUT2D eigenvalue weighted by Gasteiger charge is -1.84. The van der Waals surface area contributed by atoms with E-state index in [-0.39, 0.29) is 0 Å². The van der Waals surface area contributed by atoms with Gasteiger partial charge in [-0.3, -0.25) is 0 Å². The van der Waals surface area contributed by atoms with E-state index >= 15 is 0 Å². The molecule has 4 heteroatoms. The number of nitrogens with one attached hydrogen (secondary N) is 1. The molecular weight excluding hydrogens is 94.1 g/mol. The van der Waals surface area contributed by atoms with Crippen molar-refractivity contribution >= 4 is 6.03 Å². The van der Waals surface area contributed by atoms with Crippen LogP contribution in [0.1, 0.15) is 0 Å². The summed E-state index contributed by atoms with van der Waals surface area (Å²) in [6, 6.07) is -0.417. The maximum absolute atomic E-state index is 10.1. The van der Waals surface area contributed by atoms with Crippen LogP contribution in [0, 0.1) is 5.53 Å². The number of urea groups is 1. The molecule has 1 N–H and O–H groups in total. The molecule has 1 aliphatic rings. The fourth-order valence-electron chi connectivity index (χ4n) is 0.312. The first-order valence-electron chi connectivity index (χ1n) is 2.01. The molecule has 0 spiro atoms. The fraction of sp³-hybridized carbons (Fsp3) is 0.667. The highest BCUT2D eigenvalue weighted by Crippen LogP contribution is 2.04. The van der Waals surface area contributed by atoms with Gasteiger partial charge in [0.05, 0.1) is 0 Å². The number of nitrogens with zero attached hydrogens (tertiary/aromatic N) is 2. The van der Waals surface area contributed by atoms with Gasteiger partial charge in [0.1, 0.15) is 0 Å². The molecule has 1 fully saturated rings. The number of carbonyl (C=O) groups excluding carboxylic acids is 1. The molecule has 0 atom stereocenters. The minimum Gasteiger partial charge on any atom is -0.318 e. The van der Waals surface area contributed by atoms with Gasteiger partial charge in [-0.25, -0.2) is 4.79 Å². The highest BCUT2D eigenvalue weighted by molar-refractivity contribution is 5.76. The van der Waals surface area contributed by atoms with Crippen molar-refractivity contribution in [3.63, 3.8) is 0 Å². The van der Waals surface area contributed by atoms with Gasteiger partial charge in [-0.15, -0.1) is 0 Å². The summed E-state index contributed by atoms with van der Waals surface area (Å²) in [6.07, 6.45) is 0. The Kier molecular flexibility index (Phi) is 0.780. The quantitative estimate of drug-likeness (QED) is 0.348. The average molecular weight is 99.1 g/mol. The molecule has 2 amide bonds. The Morgan fingerprint density at radius 2 is 2.29 bits per heavy atom. The molecule has 0 radical (unpaired) electrons. The van der Waals surface area contributed by atoms with Gasteiger partial charge in [-0.1, -0.05) is 5.11 Å². The number of hydrogen-bond donors (Lipinski definition) is 1. The summed E-state index contributed by atoms with van der Waals surface area (Å²) in [6.45, 7) is 1.56. The molecule has 38 valence electrons. The Morgan fingerprint density at radius 1 is 1.71 bits per heavy atom. The molecule has 1 rings (SSSR count). The second-order valence-electron chi connectivity index (χ2n) is 1.38. The maximum atomic E-state index is 10.1. The van der Waals surface area contributed by atoms with E-state index in [0.717, 1.165) is 13.1 Å². The molecule has 0 aromatic rings. The number of rotatable bonds is 0. The van der Waals surface area contributed by atoms with Crippen LogP contribution in [0.25, 0.3) is 0 Å². The van der Waals surface area contributed by atoms with Crippen LogP contribution in [0.4, 0.5) is 4.79 Å². The molecule has 1 aliphatic heterocycles. The molecule has 0 aromatic heterocycles. The summed E-state index contributed by atoms with van der Waals surface area (Å²) < 4.78 is 0. The number of amides is 2. The van der Waals surface area contributed by atoms with E-state index in [0.29, 0.717) is 0 Å². The van der Waals surface area contributed by atoms with E-state index in [2.05, 4.69) is 5.11 Å². The molecule has 0 aliphatic carbocycles. The third kappa shape index (κ3) is 0.734. The van der Waals surface area contributed by atoms with Crippen LogP contribution in [0.2, 0.25) is 0 Å². The highest BCUT2D eigenvalue weighted by atomic mass is 16.2. The molecule has 1 heterocycles. The van der Waals surface area contributed by atoms with Gasteiger partial charge in [0, 0.05) is 13.1 Å². The molecule has 0 aromatic carbocycles. The minimum absolute atomic E-state index is 0.417. The van der Waals surface area contributed by atoms with Crippen molar-refractivity contribution in [1.82, 2.24) is 4.90 Å². The van der Waals surface area contributed by atoms with Crippen LogP contribution in [0.5, 0.6) is 0 Å². The first-order chi connectivity index (χ1) is 3.34. The summed E-state index contributed by atoms with van der Waals surface area (Å²) in [5, 5.41) is 2.69. The molecular formula is C3H5N3O. The topological polar surface area (TPSA) is 56.3 Å².